The van der Waals surface area contributed by atoms with Gasteiger partial charge in [0.05, 0.1) is 16.6 Å². The molecule has 4 aromatic rings. The van der Waals surface area contributed by atoms with Crippen LogP contribution in [-0.2, 0) is 0 Å². The first kappa shape index (κ1) is 10.3. The fraction of sp³-hybridized carbons (Fsp3) is 0. The number of fused-ring (bicyclic) bond motifs is 4. The number of halogens is 1. The summed E-state index contributed by atoms with van der Waals surface area (Å²) in [6, 6.07) is 12.0. The first-order valence-corrected chi connectivity index (χ1v) is 5.80. The van der Waals surface area contributed by atoms with Crippen molar-refractivity contribution in [3.63, 3.8) is 0 Å². The molecule has 0 atom stereocenters. The maximum Gasteiger partial charge on any atom is 0.201 e. The quantitative estimate of drug-likeness (QED) is 0.355. The Morgan fingerprint density at radius 3 is 2.63 bits per heavy atom. The largest absolute Gasteiger partial charge is 0.242 e. The van der Waals surface area contributed by atoms with Crippen LogP contribution in [0.1, 0.15) is 0 Å². The Labute approximate surface area is 106 Å². The minimum atomic E-state index is -0.338. The van der Waals surface area contributed by atoms with Crippen LogP contribution in [0.5, 0.6) is 0 Å². The molecule has 0 bridgehead atoms. The van der Waals surface area contributed by atoms with E-state index < -0.39 is 0 Å². The normalized spacial score (nSPS) is 11.4. The molecular weight excluding hydrogens is 243 g/mol. The van der Waals surface area contributed by atoms with Gasteiger partial charge in [-0.2, -0.15) is 0 Å². The van der Waals surface area contributed by atoms with Crippen molar-refractivity contribution >= 4 is 33.1 Å². The highest BCUT2D eigenvalue weighted by atomic mass is 19.1. The Morgan fingerprint density at radius 2 is 1.68 bits per heavy atom. The third-order valence-corrected chi connectivity index (χ3v) is 3.02. The molecule has 5 heteroatoms. The fourth-order valence-corrected chi connectivity index (χ4v) is 2.13. The monoisotopic (exact) mass is 250 g/mol. The zero-order chi connectivity index (χ0) is 12.8. The highest BCUT2D eigenvalue weighted by molar-refractivity contribution is 6.01. The molecular formula is C14H7FN4. The lowest BCUT2D eigenvalue weighted by Gasteiger charge is -2.02. The second-order valence-corrected chi connectivity index (χ2v) is 4.25. The number of aromatic nitrogens is 4. The Kier molecular flexibility index (Phi) is 1.97. The summed E-state index contributed by atoms with van der Waals surface area (Å²) in [7, 11) is 0. The van der Waals surface area contributed by atoms with Gasteiger partial charge in [0.25, 0.3) is 0 Å². The maximum absolute atomic E-state index is 13.2. The van der Waals surface area contributed by atoms with Crippen molar-refractivity contribution in [2.75, 3.05) is 0 Å². The lowest BCUT2D eigenvalue weighted by Crippen LogP contribution is -1.94. The summed E-state index contributed by atoms with van der Waals surface area (Å²) in [6.45, 7) is 0. The summed E-state index contributed by atoms with van der Waals surface area (Å²) in [5.74, 6) is -0.338. The summed E-state index contributed by atoms with van der Waals surface area (Å²) in [4.78, 5) is 8.83. The predicted octanol–water partition coefficient (Wildman–Crippen LogP) is 2.87. The Bertz CT molecular complexity index is 936. The second kappa shape index (κ2) is 3.65. The molecule has 0 saturated carbocycles. The van der Waals surface area contributed by atoms with Crippen molar-refractivity contribution < 1.29 is 4.39 Å². The smallest absolute Gasteiger partial charge is 0.201 e. The molecule has 0 aliphatic rings. The Morgan fingerprint density at radius 1 is 0.789 bits per heavy atom. The highest BCUT2D eigenvalue weighted by Gasteiger charge is 2.08. The van der Waals surface area contributed by atoms with Gasteiger partial charge in [-0.3, -0.25) is 0 Å². The van der Waals surface area contributed by atoms with E-state index in [1.54, 1.807) is 6.07 Å². The number of benzene rings is 2. The first-order valence-electron chi connectivity index (χ1n) is 5.80. The zero-order valence-corrected chi connectivity index (χ0v) is 9.71. The van der Waals surface area contributed by atoms with Crippen LogP contribution in [-0.4, -0.2) is 20.2 Å². The van der Waals surface area contributed by atoms with Gasteiger partial charge >= 0.3 is 0 Å². The maximum atomic E-state index is 13.2. The molecule has 0 radical (unpaired) electrons. The van der Waals surface area contributed by atoms with E-state index in [2.05, 4.69) is 20.2 Å². The van der Waals surface area contributed by atoms with Crippen molar-refractivity contribution in [1.82, 2.24) is 20.2 Å². The molecule has 4 nitrogen and oxygen atoms in total. The molecule has 0 N–H and O–H groups in total. The third kappa shape index (κ3) is 1.52. The van der Waals surface area contributed by atoms with Crippen LogP contribution in [0.25, 0.3) is 33.1 Å². The number of nitrogens with zero attached hydrogens (tertiary/aromatic N) is 4. The van der Waals surface area contributed by atoms with E-state index in [-0.39, 0.29) is 5.82 Å². The van der Waals surface area contributed by atoms with Crippen molar-refractivity contribution in [3.05, 3.63) is 48.3 Å². The summed E-state index contributed by atoms with van der Waals surface area (Å²) >= 11 is 0. The lowest BCUT2D eigenvalue weighted by atomic mass is 10.2. The van der Waals surface area contributed by atoms with E-state index in [4.69, 9.17) is 0 Å². The van der Waals surface area contributed by atoms with Crippen LogP contribution >= 0.6 is 0 Å². The van der Waals surface area contributed by atoms with E-state index in [0.29, 0.717) is 22.2 Å². The molecule has 2 aromatic carbocycles. The minimum absolute atomic E-state index is 0.338. The van der Waals surface area contributed by atoms with Crippen LogP contribution in [0.3, 0.4) is 0 Å². The van der Waals surface area contributed by atoms with Crippen LogP contribution in [0, 0.1) is 5.82 Å². The third-order valence-electron chi connectivity index (χ3n) is 3.02. The van der Waals surface area contributed by atoms with Crippen molar-refractivity contribution in [1.29, 1.82) is 0 Å². The van der Waals surface area contributed by atoms with Gasteiger partial charge in [-0.15, -0.1) is 10.2 Å². The van der Waals surface area contributed by atoms with Gasteiger partial charge in [-0.1, -0.05) is 18.2 Å². The predicted molar refractivity (Wildman–Crippen MR) is 70.1 cm³/mol. The standard InChI is InChI=1S/C14H7FN4/c15-8-5-6-11-12(7-8)17-14-13(16-11)9-3-1-2-4-10(9)18-19-14/h1-7H. The van der Waals surface area contributed by atoms with Gasteiger partial charge in [0, 0.05) is 11.5 Å². The van der Waals surface area contributed by atoms with Crippen molar-refractivity contribution in [2.45, 2.75) is 0 Å². The Hall–Kier alpha value is -2.69. The average Bonchev–Trinajstić information content (AvgIpc) is 2.45. The number of hydrogen-bond acceptors (Lipinski definition) is 4. The molecule has 19 heavy (non-hydrogen) atoms. The molecule has 90 valence electrons. The van der Waals surface area contributed by atoms with E-state index in [1.807, 2.05) is 24.3 Å². The van der Waals surface area contributed by atoms with Crippen LogP contribution < -0.4 is 0 Å². The van der Waals surface area contributed by atoms with Gasteiger partial charge in [0.15, 0.2) is 0 Å². The SMILES string of the molecule is Fc1ccc2nc3c(nnc4ccccc43)nc2c1. The molecule has 2 heterocycles. The van der Waals surface area contributed by atoms with Crippen molar-refractivity contribution in [2.24, 2.45) is 0 Å². The van der Waals surface area contributed by atoms with E-state index in [9.17, 15) is 4.39 Å². The van der Waals surface area contributed by atoms with E-state index in [1.165, 1.54) is 12.1 Å². The van der Waals surface area contributed by atoms with Gasteiger partial charge in [0.1, 0.15) is 11.3 Å². The summed E-state index contributed by atoms with van der Waals surface area (Å²) in [5, 5.41) is 9.03. The average molecular weight is 250 g/mol. The van der Waals surface area contributed by atoms with E-state index in [0.717, 1.165) is 10.9 Å². The number of hydrogen-bond donors (Lipinski definition) is 0. The number of rotatable bonds is 0. The second-order valence-electron chi connectivity index (χ2n) is 4.25. The van der Waals surface area contributed by atoms with Crippen LogP contribution in [0.15, 0.2) is 42.5 Å². The molecule has 2 aromatic heterocycles. The van der Waals surface area contributed by atoms with Gasteiger partial charge in [-0.05, 0) is 18.2 Å². The molecule has 0 aliphatic heterocycles. The molecule has 0 aliphatic carbocycles. The molecule has 0 amide bonds. The molecule has 4 rings (SSSR count). The van der Waals surface area contributed by atoms with Crippen molar-refractivity contribution in [3.8, 4) is 0 Å². The molecule has 0 spiro atoms. The van der Waals surface area contributed by atoms with E-state index >= 15 is 0 Å². The van der Waals surface area contributed by atoms with Gasteiger partial charge in [0.2, 0.25) is 5.65 Å². The molecule has 0 unspecified atom stereocenters. The molecule has 0 fully saturated rings. The minimum Gasteiger partial charge on any atom is -0.242 e. The van der Waals surface area contributed by atoms with Crippen LogP contribution in [0.4, 0.5) is 4.39 Å². The Balaban J connectivity index is 2.22. The zero-order valence-electron chi connectivity index (χ0n) is 9.71. The summed E-state index contributed by atoms with van der Waals surface area (Å²) in [6.07, 6.45) is 0. The lowest BCUT2D eigenvalue weighted by molar-refractivity contribution is 0.629. The van der Waals surface area contributed by atoms with Gasteiger partial charge < -0.3 is 0 Å². The summed E-state index contributed by atoms with van der Waals surface area (Å²) < 4.78 is 13.2. The highest BCUT2D eigenvalue weighted by Crippen LogP contribution is 2.21. The topological polar surface area (TPSA) is 51.6 Å². The van der Waals surface area contributed by atoms with Crippen LogP contribution in [0.2, 0.25) is 0 Å². The summed E-state index contributed by atoms with van der Waals surface area (Å²) in [5.41, 5.74) is 3.01. The first-order chi connectivity index (χ1) is 9.31. The van der Waals surface area contributed by atoms with Gasteiger partial charge in [-0.25, -0.2) is 14.4 Å². The molecule has 0 saturated heterocycles. The fourth-order valence-electron chi connectivity index (χ4n) is 2.13.